The van der Waals surface area contributed by atoms with E-state index in [1.165, 1.54) is 0 Å². The van der Waals surface area contributed by atoms with Crippen LogP contribution in [-0.4, -0.2) is 25.8 Å². The molecule has 1 aromatic rings. The Morgan fingerprint density at radius 2 is 2.09 bits per heavy atom. The zero-order valence-electron chi connectivity index (χ0n) is 12.3. The van der Waals surface area contributed by atoms with Crippen LogP contribution in [0, 0.1) is 16.0 Å². The lowest BCUT2D eigenvalue weighted by molar-refractivity contribution is -0.388. The zero-order chi connectivity index (χ0) is 17.4. The van der Waals surface area contributed by atoms with Gasteiger partial charge in [0.2, 0.25) is 5.69 Å². The molecule has 128 valence electrons. The highest BCUT2D eigenvalue weighted by Gasteiger charge is 2.46. The van der Waals surface area contributed by atoms with Gasteiger partial charge in [-0.1, -0.05) is 6.92 Å². The van der Waals surface area contributed by atoms with Gasteiger partial charge in [0.1, 0.15) is 6.20 Å². The van der Waals surface area contributed by atoms with Crippen LogP contribution in [0.1, 0.15) is 44.7 Å². The van der Waals surface area contributed by atoms with Gasteiger partial charge in [-0.3, -0.25) is 19.6 Å². The maximum absolute atomic E-state index is 12.9. The van der Waals surface area contributed by atoms with E-state index in [1.807, 2.05) is 0 Å². The molecular formula is C13H16F3N3O4. The topological polar surface area (TPSA) is 98.3 Å². The summed E-state index contributed by atoms with van der Waals surface area (Å²) in [5.74, 6) is -1.47. The second kappa shape index (κ2) is 5.82. The molecule has 0 amide bonds. The van der Waals surface area contributed by atoms with Gasteiger partial charge >= 0.3 is 17.8 Å². The minimum Gasteiger partial charge on any atom is -0.481 e. The van der Waals surface area contributed by atoms with Crippen LogP contribution in [0.4, 0.5) is 18.9 Å². The van der Waals surface area contributed by atoms with Crippen molar-refractivity contribution in [2.75, 3.05) is 0 Å². The highest BCUT2D eigenvalue weighted by molar-refractivity contribution is 5.70. The first kappa shape index (κ1) is 17.2. The van der Waals surface area contributed by atoms with Crippen LogP contribution in [0.2, 0.25) is 0 Å². The molecule has 1 heterocycles. The summed E-state index contributed by atoms with van der Waals surface area (Å²) in [5, 5.41) is 23.3. The van der Waals surface area contributed by atoms with Crippen LogP contribution >= 0.6 is 0 Å². The average molecular weight is 335 g/mol. The van der Waals surface area contributed by atoms with Crippen molar-refractivity contribution in [1.29, 1.82) is 0 Å². The number of rotatable bonds is 4. The Hall–Kier alpha value is -2.13. The second-order valence-corrected chi connectivity index (χ2v) is 5.75. The number of alkyl halides is 3. The van der Waals surface area contributed by atoms with Gasteiger partial charge < -0.3 is 5.11 Å². The molecule has 2 rings (SSSR count). The summed E-state index contributed by atoms with van der Waals surface area (Å²) in [5.41, 5.74) is -3.42. The van der Waals surface area contributed by atoms with Gasteiger partial charge in [0, 0.05) is 0 Å². The largest absolute Gasteiger partial charge is 0.481 e. The van der Waals surface area contributed by atoms with E-state index in [0.29, 0.717) is 32.1 Å². The Labute approximate surface area is 129 Å². The first-order valence-electron chi connectivity index (χ1n) is 7.15. The lowest BCUT2D eigenvalue weighted by Crippen LogP contribution is -2.39. The van der Waals surface area contributed by atoms with E-state index in [0.717, 1.165) is 10.9 Å². The first-order valence-corrected chi connectivity index (χ1v) is 7.15. The van der Waals surface area contributed by atoms with Gasteiger partial charge in [-0.15, -0.1) is 0 Å². The summed E-state index contributed by atoms with van der Waals surface area (Å²) in [6.45, 7) is 1.75. The third-order valence-electron chi connectivity index (χ3n) is 4.57. The lowest BCUT2D eigenvalue weighted by atomic mass is 9.75. The van der Waals surface area contributed by atoms with Gasteiger partial charge in [-0.05, 0) is 32.1 Å². The predicted octanol–water partition coefficient (Wildman–Crippen LogP) is 3.19. The molecule has 1 saturated carbocycles. The zero-order valence-corrected chi connectivity index (χ0v) is 12.3. The molecule has 0 spiro atoms. The summed E-state index contributed by atoms with van der Waals surface area (Å²) in [4.78, 5) is 20.8. The van der Waals surface area contributed by atoms with Crippen molar-refractivity contribution in [2.45, 2.75) is 50.7 Å². The molecule has 1 aromatic heterocycles. The number of carbonyl (C=O) groups is 1. The number of carboxylic acids is 1. The number of halogens is 3. The molecule has 1 aliphatic rings. The smallest absolute Gasteiger partial charge is 0.442 e. The Morgan fingerprint density at radius 3 is 2.43 bits per heavy atom. The molecule has 0 bridgehead atoms. The number of carboxylic acid groups (broad SMARTS) is 1. The Morgan fingerprint density at radius 1 is 1.52 bits per heavy atom. The van der Waals surface area contributed by atoms with Gasteiger partial charge in [0.25, 0.3) is 0 Å². The Bertz CT molecular complexity index is 618. The Balaban J connectivity index is 2.40. The van der Waals surface area contributed by atoms with Crippen LogP contribution in [0.25, 0.3) is 0 Å². The summed E-state index contributed by atoms with van der Waals surface area (Å²) < 4.78 is 39.8. The second-order valence-electron chi connectivity index (χ2n) is 5.75. The number of aromatic nitrogens is 2. The van der Waals surface area contributed by atoms with Gasteiger partial charge in [0.15, 0.2) is 0 Å². The van der Waals surface area contributed by atoms with Gasteiger partial charge in [-0.25, -0.2) is 0 Å². The number of nitro groups is 1. The molecule has 0 atom stereocenters. The number of nitrogens with zero attached hydrogens (tertiary/aromatic N) is 3. The van der Waals surface area contributed by atoms with Crippen molar-refractivity contribution in [3.8, 4) is 0 Å². The molecule has 10 heteroatoms. The summed E-state index contributed by atoms with van der Waals surface area (Å²) >= 11 is 0. The molecule has 0 radical (unpaired) electrons. The van der Waals surface area contributed by atoms with Crippen molar-refractivity contribution in [2.24, 2.45) is 5.92 Å². The van der Waals surface area contributed by atoms with Crippen LogP contribution < -0.4 is 0 Å². The van der Waals surface area contributed by atoms with Crippen LogP contribution in [0.5, 0.6) is 0 Å². The molecule has 1 fully saturated rings. The molecule has 1 aliphatic carbocycles. The lowest BCUT2D eigenvalue weighted by Gasteiger charge is -2.38. The summed E-state index contributed by atoms with van der Waals surface area (Å²) in [7, 11) is 0. The van der Waals surface area contributed by atoms with Gasteiger partial charge in [-0.2, -0.15) is 18.3 Å². The number of aliphatic carboxylic acids is 1. The van der Waals surface area contributed by atoms with E-state index < -0.39 is 39.9 Å². The van der Waals surface area contributed by atoms with Gasteiger partial charge in [0.05, 0.1) is 16.4 Å². The third-order valence-corrected chi connectivity index (χ3v) is 4.57. The van der Waals surface area contributed by atoms with E-state index in [9.17, 15) is 28.1 Å². The van der Waals surface area contributed by atoms with Crippen molar-refractivity contribution in [3.05, 3.63) is 22.0 Å². The molecular weight excluding hydrogens is 319 g/mol. The number of hydrogen-bond acceptors (Lipinski definition) is 4. The maximum Gasteiger partial charge on any atom is 0.442 e. The van der Waals surface area contributed by atoms with E-state index in [4.69, 9.17) is 5.11 Å². The Kier molecular flexibility index (Phi) is 4.36. The molecule has 1 N–H and O–H groups in total. The minimum atomic E-state index is -4.92. The molecule has 7 nitrogen and oxygen atoms in total. The standard InChI is InChI=1S/C13H16F3N3O4/c1-2-12(5-3-8(4-6-12)11(20)21)18-7-9(19(22)23)10(17-18)13(14,15)16/h7-8H,2-6H2,1H3,(H,20,21). The minimum absolute atomic E-state index is 0.304. The van der Waals surface area contributed by atoms with E-state index in [2.05, 4.69) is 5.10 Å². The van der Waals surface area contributed by atoms with Crippen molar-refractivity contribution < 1.29 is 28.0 Å². The van der Waals surface area contributed by atoms with Crippen molar-refractivity contribution in [3.63, 3.8) is 0 Å². The molecule has 0 aromatic carbocycles. The van der Waals surface area contributed by atoms with Crippen molar-refractivity contribution >= 4 is 11.7 Å². The predicted molar refractivity (Wildman–Crippen MR) is 71.7 cm³/mol. The highest BCUT2D eigenvalue weighted by Crippen LogP contribution is 2.43. The maximum atomic E-state index is 12.9. The van der Waals surface area contributed by atoms with Crippen LogP contribution in [0.3, 0.4) is 0 Å². The van der Waals surface area contributed by atoms with Crippen LogP contribution in [-0.2, 0) is 16.5 Å². The number of hydrogen-bond donors (Lipinski definition) is 1. The first-order chi connectivity index (χ1) is 10.6. The van der Waals surface area contributed by atoms with E-state index in [1.54, 1.807) is 6.92 Å². The fraction of sp³-hybridized carbons (Fsp3) is 0.692. The molecule has 0 unspecified atom stereocenters. The van der Waals surface area contributed by atoms with E-state index in [-0.39, 0.29) is 0 Å². The molecule has 0 saturated heterocycles. The fourth-order valence-corrected chi connectivity index (χ4v) is 3.09. The molecule has 0 aliphatic heterocycles. The normalized spacial score (nSPS) is 25.3. The molecule has 23 heavy (non-hydrogen) atoms. The SMILES string of the molecule is CCC1(n2cc([N+](=O)[O-])c(C(F)(F)F)n2)CCC(C(=O)O)CC1. The van der Waals surface area contributed by atoms with E-state index >= 15 is 0 Å². The monoisotopic (exact) mass is 335 g/mol. The average Bonchev–Trinajstić information content (AvgIpc) is 2.93. The highest BCUT2D eigenvalue weighted by atomic mass is 19.4. The van der Waals surface area contributed by atoms with Crippen molar-refractivity contribution in [1.82, 2.24) is 9.78 Å². The fourth-order valence-electron chi connectivity index (χ4n) is 3.09. The summed E-state index contributed by atoms with van der Waals surface area (Å²) in [6, 6.07) is 0. The quantitative estimate of drug-likeness (QED) is 0.673. The third kappa shape index (κ3) is 3.15. The summed E-state index contributed by atoms with van der Waals surface area (Å²) in [6.07, 6.45) is -2.45. The van der Waals surface area contributed by atoms with Crippen LogP contribution in [0.15, 0.2) is 6.20 Å².